The maximum absolute atomic E-state index is 14.1. The van der Waals surface area contributed by atoms with Crippen molar-refractivity contribution in [3.05, 3.63) is 41.5 Å². The fourth-order valence-corrected chi connectivity index (χ4v) is 4.10. The molecule has 1 fully saturated rings. The molecule has 0 unspecified atom stereocenters. The Kier molecular flexibility index (Phi) is 6.37. The average Bonchev–Trinajstić information content (AvgIpc) is 3.15. The van der Waals surface area contributed by atoms with Crippen molar-refractivity contribution < 1.29 is 27.1 Å². The summed E-state index contributed by atoms with van der Waals surface area (Å²) >= 11 is 0. The first-order valence-electron chi connectivity index (χ1n) is 9.14. The van der Waals surface area contributed by atoms with Crippen molar-refractivity contribution >= 4 is 27.5 Å². The first-order chi connectivity index (χ1) is 14.2. The van der Waals surface area contributed by atoms with Crippen molar-refractivity contribution in [2.45, 2.75) is 18.9 Å². The van der Waals surface area contributed by atoms with Crippen LogP contribution in [0.2, 0.25) is 0 Å². The number of rotatable bonds is 6. The number of aromatic nitrogens is 2. The molecule has 2 amide bonds. The zero-order valence-electron chi connectivity index (χ0n) is 16.4. The first kappa shape index (κ1) is 21.7. The average molecular weight is 439 g/mol. The van der Waals surface area contributed by atoms with E-state index in [1.807, 2.05) is 0 Å². The minimum atomic E-state index is -3.26. The van der Waals surface area contributed by atoms with E-state index in [2.05, 4.69) is 20.8 Å². The number of nitrogens with zero attached hydrogens (tertiary/aromatic N) is 2. The highest BCUT2D eigenvalue weighted by molar-refractivity contribution is 7.88. The fourth-order valence-electron chi connectivity index (χ4n) is 3.22. The van der Waals surface area contributed by atoms with Crippen LogP contribution < -0.4 is 15.4 Å². The van der Waals surface area contributed by atoms with E-state index in [1.165, 1.54) is 29.7 Å². The molecule has 0 bridgehead atoms. The molecule has 0 spiro atoms. The lowest BCUT2D eigenvalue weighted by Crippen LogP contribution is -2.46. The number of amides is 2. The lowest BCUT2D eigenvalue weighted by molar-refractivity contribution is 0.0919. The van der Waals surface area contributed by atoms with Gasteiger partial charge in [0, 0.05) is 19.1 Å². The molecule has 2 aromatic rings. The Morgan fingerprint density at radius 3 is 2.60 bits per heavy atom. The quantitative estimate of drug-likeness (QED) is 0.614. The van der Waals surface area contributed by atoms with Gasteiger partial charge in [0.2, 0.25) is 10.0 Å². The molecule has 0 atom stereocenters. The second kappa shape index (κ2) is 8.79. The highest BCUT2D eigenvalue weighted by Crippen LogP contribution is 2.23. The van der Waals surface area contributed by atoms with E-state index in [9.17, 15) is 22.4 Å². The second-order valence-corrected chi connectivity index (χ2v) is 8.82. The van der Waals surface area contributed by atoms with Gasteiger partial charge in [0.15, 0.2) is 0 Å². The maximum Gasteiger partial charge on any atom is 0.271 e. The van der Waals surface area contributed by atoms with Crippen LogP contribution in [0, 0.1) is 5.82 Å². The van der Waals surface area contributed by atoms with Gasteiger partial charge in [0.1, 0.15) is 22.8 Å². The molecule has 0 radical (unpaired) electrons. The van der Waals surface area contributed by atoms with Gasteiger partial charge < -0.3 is 15.4 Å². The monoisotopic (exact) mass is 439 g/mol. The predicted octanol–water partition coefficient (Wildman–Crippen LogP) is 0.963. The highest BCUT2D eigenvalue weighted by Gasteiger charge is 2.27. The summed E-state index contributed by atoms with van der Waals surface area (Å²) in [5.41, 5.74) is -0.207. The molecule has 3 N–H and O–H groups in total. The smallest absolute Gasteiger partial charge is 0.271 e. The Hall–Kier alpha value is -2.99. The van der Waals surface area contributed by atoms with Gasteiger partial charge in [-0.05, 0) is 25.0 Å². The van der Waals surface area contributed by atoms with Gasteiger partial charge in [-0.2, -0.15) is 5.10 Å². The van der Waals surface area contributed by atoms with Gasteiger partial charge in [-0.25, -0.2) is 17.1 Å². The minimum absolute atomic E-state index is 0.00389. The van der Waals surface area contributed by atoms with Crippen molar-refractivity contribution in [1.82, 2.24) is 19.8 Å². The van der Waals surface area contributed by atoms with Gasteiger partial charge in [-0.15, -0.1) is 0 Å². The molecular formula is C18H22FN5O5S. The number of carbonyl (C=O) groups is 2. The number of hydrogen-bond donors (Lipinski definition) is 3. The number of nitrogens with one attached hydrogen (secondary N) is 3. The summed E-state index contributed by atoms with van der Waals surface area (Å²) in [6, 6.07) is 3.76. The Bertz CT molecular complexity index is 1050. The van der Waals surface area contributed by atoms with Crippen molar-refractivity contribution in [1.29, 1.82) is 0 Å². The molecule has 0 aliphatic carbocycles. The van der Waals surface area contributed by atoms with E-state index in [1.54, 1.807) is 0 Å². The Labute approximate surface area is 172 Å². The van der Waals surface area contributed by atoms with E-state index in [0.717, 1.165) is 12.3 Å². The number of sulfonamides is 1. The van der Waals surface area contributed by atoms with Crippen LogP contribution >= 0.6 is 0 Å². The van der Waals surface area contributed by atoms with Gasteiger partial charge in [0.25, 0.3) is 11.8 Å². The van der Waals surface area contributed by atoms with Crippen molar-refractivity contribution in [3.63, 3.8) is 0 Å². The Morgan fingerprint density at radius 2 is 1.97 bits per heavy atom. The van der Waals surface area contributed by atoms with E-state index in [0.29, 0.717) is 25.9 Å². The second-order valence-electron chi connectivity index (χ2n) is 6.84. The van der Waals surface area contributed by atoms with Crippen LogP contribution in [0.1, 0.15) is 33.7 Å². The van der Waals surface area contributed by atoms with E-state index in [4.69, 9.17) is 4.74 Å². The number of halogens is 1. The minimum Gasteiger partial charge on any atom is -0.496 e. The third kappa shape index (κ3) is 4.76. The lowest BCUT2D eigenvalue weighted by atomic mass is 10.1. The van der Waals surface area contributed by atoms with E-state index >= 15 is 0 Å². The summed E-state index contributed by atoms with van der Waals surface area (Å²) in [6.07, 6.45) is 3.31. The Balaban J connectivity index is 1.67. The molecule has 162 valence electrons. The molecule has 10 nitrogen and oxygen atoms in total. The number of ether oxygens (including phenoxy) is 1. The number of benzene rings is 1. The van der Waals surface area contributed by atoms with Gasteiger partial charge in [0.05, 0.1) is 25.2 Å². The van der Waals surface area contributed by atoms with E-state index in [-0.39, 0.29) is 28.7 Å². The van der Waals surface area contributed by atoms with Crippen LogP contribution in [0.5, 0.6) is 5.75 Å². The number of anilines is 1. The molecule has 30 heavy (non-hydrogen) atoms. The molecule has 3 rings (SSSR count). The van der Waals surface area contributed by atoms with Crippen LogP contribution in [0.25, 0.3) is 0 Å². The normalized spacial score (nSPS) is 15.6. The zero-order chi connectivity index (χ0) is 21.9. The van der Waals surface area contributed by atoms with Gasteiger partial charge in [-0.1, -0.05) is 6.07 Å². The third-order valence-corrected chi connectivity index (χ3v) is 6.10. The standard InChI is InChI=1S/C18H22FN5O5S/c1-29-14-5-3-4-12(19)15(14)17(25)22-13-10-20-23-16(13)18(26)21-11-6-8-24(9-7-11)30(2,27)28/h3-5,10-11H,6-9H2,1-2H3,(H,20,23)(H,21,26)(H,22,25). The third-order valence-electron chi connectivity index (χ3n) is 4.80. The maximum atomic E-state index is 14.1. The summed E-state index contributed by atoms with van der Waals surface area (Å²) in [4.78, 5) is 25.2. The van der Waals surface area contributed by atoms with Crippen LogP contribution in [0.3, 0.4) is 0 Å². The van der Waals surface area contributed by atoms with Crippen molar-refractivity contribution in [2.24, 2.45) is 0 Å². The summed E-state index contributed by atoms with van der Waals surface area (Å²) in [5, 5.41) is 11.6. The van der Waals surface area contributed by atoms with Crippen LogP contribution in [0.15, 0.2) is 24.4 Å². The number of aromatic amines is 1. The number of piperidine rings is 1. The number of carbonyl (C=O) groups excluding carboxylic acids is 2. The largest absolute Gasteiger partial charge is 0.496 e. The molecule has 1 saturated heterocycles. The molecule has 1 aromatic heterocycles. The van der Waals surface area contributed by atoms with Crippen molar-refractivity contribution in [3.8, 4) is 5.75 Å². The SMILES string of the molecule is COc1cccc(F)c1C(=O)Nc1cn[nH]c1C(=O)NC1CCN(S(C)(=O)=O)CC1. The molecule has 1 aliphatic rings. The predicted molar refractivity (Wildman–Crippen MR) is 106 cm³/mol. The van der Waals surface area contributed by atoms with E-state index < -0.39 is 27.7 Å². The first-order valence-corrected chi connectivity index (χ1v) is 11.0. The summed E-state index contributed by atoms with van der Waals surface area (Å²) in [5.74, 6) is -2.01. The van der Waals surface area contributed by atoms with Crippen molar-refractivity contribution in [2.75, 3.05) is 31.8 Å². The summed E-state index contributed by atoms with van der Waals surface area (Å²) < 4.78 is 43.7. The summed E-state index contributed by atoms with van der Waals surface area (Å²) in [7, 11) is -1.94. The number of methoxy groups -OCH3 is 1. The van der Waals surface area contributed by atoms with Crippen LogP contribution in [-0.4, -0.2) is 67.2 Å². The molecule has 2 heterocycles. The molecule has 1 aromatic carbocycles. The fraction of sp³-hybridized carbons (Fsp3) is 0.389. The topological polar surface area (TPSA) is 133 Å². The number of hydrogen-bond acceptors (Lipinski definition) is 6. The number of H-pyrrole nitrogens is 1. The lowest BCUT2D eigenvalue weighted by Gasteiger charge is -2.30. The van der Waals surface area contributed by atoms with Gasteiger partial charge in [-0.3, -0.25) is 14.7 Å². The molecular weight excluding hydrogens is 417 g/mol. The zero-order valence-corrected chi connectivity index (χ0v) is 17.3. The van der Waals surface area contributed by atoms with Crippen LogP contribution in [0.4, 0.5) is 10.1 Å². The summed E-state index contributed by atoms with van der Waals surface area (Å²) in [6.45, 7) is 0.618. The Morgan fingerprint density at radius 1 is 1.27 bits per heavy atom. The van der Waals surface area contributed by atoms with Crippen LogP contribution in [-0.2, 0) is 10.0 Å². The molecule has 1 aliphatic heterocycles. The highest BCUT2D eigenvalue weighted by atomic mass is 32.2. The molecule has 0 saturated carbocycles. The molecule has 12 heteroatoms. The van der Waals surface area contributed by atoms with Gasteiger partial charge >= 0.3 is 0 Å².